The van der Waals surface area contributed by atoms with Crippen molar-refractivity contribution in [3.8, 4) is 0 Å². The predicted molar refractivity (Wildman–Crippen MR) is 121 cm³/mol. The average Bonchev–Trinajstić information content (AvgIpc) is 3.28. The van der Waals surface area contributed by atoms with Gasteiger partial charge in [0.2, 0.25) is 10.0 Å². The first kappa shape index (κ1) is 21.8. The van der Waals surface area contributed by atoms with Gasteiger partial charge >= 0.3 is 0 Å². The molecule has 174 valence electrons. The zero-order valence-electron chi connectivity index (χ0n) is 18.1. The third-order valence-electron chi connectivity index (χ3n) is 6.36. The van der Waals surface area contributed by atoms with E-state index in [-0.39, 0.29) is 22.3 Å². The molecule has 0 atom stereocenters. The van der Waals surface area contributed by atoms with E-state index in [1.54, 1.807) is 23.1 Å². The minimum absolute atomic E-state index is 0.112. The first-order valence-electron chi connectivity index (χ1n) is 11.1. The molecule has 2 aliphatic rings. The number of halogens is 1. The van der Waals surface area contributed by atoms with E-state index < -0.39 is 10.0 Å². The summed E-state index contributed by atoms with van der Waals surface area (Å²) in [4.78, 5) is 16.8. The Bertz CT molecular complexity index is 1260. The molecule has 10 heteroatoms. The number of amides is 1. The van der Waals surface area contributed by atoms with E-state index in [9.17, 15) is 17.6 Å². The highest BCUT2D eigenvalue weighted by molar-refractivity contribution is 7.89. The van der Waals surface area contributed by atoms with Crippen LogP contribution in [0.2, 0.25) is 0 Å². The Morgan fingerprint density at radius 2 is 1.61 bits per heavy atom. The normalized spacial score (nSPS) is 18.1. The van der Waals surface area contributed by atoms with Gasteiger partial charge in [0, 0.05) is 45.0 Å². The minimum atomic E-state index is -3.76. The van der Waals surface area contributed by atoms with Crippen molar-refractivity contribution in [1.29, 1.82) is 0 Å². The van der Waals surface area contributed by atoms with Crippen LogP contribution in [0.25, 0.3) is 11.0 Å². The molecule has 1 amide bonds. The zero-order valence-corrected chi connectivity index (χ0v) is 18.9. The quantitative estimate of drug-likeness (QED) is 0.580. The summed E-state index contributed by atoms with van der Waals surface area (Å²) in [6.45, 7) is 2.95. The number of piperazine rings is 1. The van der Waals surface area contributed by atoms with Gasteiger partial charge in [0.15, 0.2) is 11.3 Å². The molecule has 0 N–H and O–H groups in total. The molecule has 0 saturated carbocycles. The van der Waals surface area contributed by atoms with Crippen molar-refractivity contribution in [2.45, 2.75) is 24.2 Å². The summed E-state index contributed by atoms with van der Waals surface area (Å²) >= 11 is 0. The van der Waals surface area contributed by atoms with Crippen molar-refractivity contribution in [1.82, 2.24) is 14.4 Å². The number of nitrogens with zero attached hydrogens (tertiary/aromatic N) is 4. The molecule has 0 bridgehead atoms. The van der Waals surface area contributed by atoms with Crippen LogP contribution in [0, 0.1) is 5.82 Å². The molecule has 0 unspecified atom stereocenters. The van der Waals surface area contributed by atoms with Crippen LogP contribution < -0.4 is 4.90 Å². The van der Waals surface area contributed by atoms with E-state index in [0.717, 1.165) is 24.9 Å². The summed E-state index contributed by atoms with van der Waals surface area (Å²) in [5, 5.41) is 4.36. The first-order valence-corrected chi connectivity index (χ1v) is 12.6. The highest BCUT2D eigenvalue weighted by Crippen LogP contribution is 2.27. The summed E-state index contributed by atoms with van der Waals surface area (Å²) in [5.41, 5.74) is 1.40. The van der Waals surface area contributed by atoms with E-state index in [0.29, 0.717) is 50.2 Å². The third kappa shape index (κ3) is 4.20. The molecule has 1 aromatic heterocycles. The highest BCUT2D eigenvalue weighted by Gasteiger charge is 2.30. The average molecular weight is 473 g/mol. The fourth-order valence-electron chi connectivity index (χ4n) is 4.47. The molecule has 2 aliphatic heterocycles. The number of rotatable bonds is 4. The van der Waals surface area contributed by atoms with Crippen molar-refractivity contribution in [3.05, 3.63) is 54.0 Å². The summed E-state index contributed by atoms with van der Waals surface area (Å²) in [6, 6.07) is 10.7. The van der Waals surface area contributed by atoms with Gasteiger partial charge in [0.1, 0.15) is 5.82 Å². The molecule has 0 radical (unpaired) electrons. The van der Waals surface area contributed by atoms with Gasteiger partial charge in [-0.15, -0.1) is 0 Å². The lowest BCUT2D eigenvalue weighted by atomic mass is 10.1. The van der Waals surface area contributed by atoms with E-state index in [1.807, 2.05) is 4.90 Å². The Labute approximate surface area is 191 Å². The van der Waals surface area contributed by atoms with E-state index in [4.69, 9.17) is 4.52 Å². The molecule has 0 spiro atoms. The second kappa shape index (κ2) is 8.75. The summed E-state index contributed by atoms with van der Waals surface area (Å²) in [5.74, 6) is -0.529. The van der Waals surface area contributed by atoms with Gasteiger partial charge in [0.05, 0.1) is 10.3 Å². The van der Waals surface area contributed by atoms with Gasteiger partial charge in [-0.3, -0.25) is 4.79 Å². The van der Waals surface area contributed by atoms with Crippen LogP contribution in [0.1, 0.15) is 29.8 Å². The number of sulfonamides is 1. The molecule has 0 aliphatic carbocycles. The lowest BCUT2D eigenvalue weighted by Gasteiger charge is -2.35. The number of hydrogen-bond donors (Lipinski definition) is 0. The Kier molecular flexibility index (Phi) is 5.79. The van der Waals surface area contributed by atoms with Crippen molar-refractivity contribution < 1.29 is 22.1 Å². The summed E-state index contributed by atoms with van der Waals surface area (Å²) < 4.78 is 46.6. The van der Waals surface area contributed by atoms with Crippen LogP contribution >= 0.6 is 0 Å². The van der Waals surface area contributed by atoms with Gasteiger partial charge in [0.25, 0.3) is 5.91 Å². The standard InChI is InChI=1S/C23H25FN4O4S/c24-17-4-6-18(7-5-17)26-12-14-28(15-13-26)33(30,31)19-8-9-21-20(16-19)22(25-32-21)23(29)27-10-2-1-3-11-27/h4-9,16H,1-3,10-15H2. The smallest absolute Gasteiger partial charge is 0.276 e. The Balaban J connectivity index is 1.36. The van der Waals surface area contributed by atoms with Crippen LogP contribution in [-0.4, -0.2) is 68.0 Å². The number of carbonyl (C=O) groups excluding carboxylic acids is 1. The maximum absolute atomic E-state index is 13.3. The lowest BCUT2D eigenvalue weighted by Crippen LogP contribution is -2.48. The van der Waals surface area contributed by atoms with Crippen LogP contribution in [-0.2, 0) is 10.0 Å². The van der Waals surface area contributed by atoms with Gasteiger partial charge in [-0.2, -0.15) is 4.31 Å². The molecule has 2 fully saturated rings. The number of carbonyl (C=O) groups is 1. The Hall–Kier alpha value is -2.98. The fourth-order valence-corrected chi connectivity index (χ4v) is 5.92. The van der Waals surface area contributed by atoms with E-state index in [1.165, 1.54) is 28.6 Å². The molecule has 2 saturated heterocycles. The maximum Gasteiger partial charge on any atom is 0.276 e. The first-order chi connectivity index (χ1) is 15.9. The highest BCUT2D eigenvalue weighted by atomic mass is 32.2. The number of benzene rings is 2. The number of piperidine rings is 1. The number of aromatic nitrogens is 1. The molecule has 3 aromatic rings. The van der Waals surface area contributed by atoms with Crippen molar-refractivity contribution >= 4 is 32.6 Å². The second-order valence-corrected chi connectivity index (χ2v) is 10.3. The Morgan fingerprint density at radius 1 is 0.909 bits per heavy atom. The van der Waals surface area contributed by atoms with Crippen LogP contribution in [0.5, 0.6) is 0 Å². The lowest BCUT2D eigenvalue weighted by molar-refractivity contribution is 0.0715. The minimum Gasteiger partial charge on any atom is -0.369 e. The van der Waals surface area contributed by atoms with Gasteiger partial charge in [-0.25, -0.2) is 12.8 Å². The second-order valence-electron chi connectivity index (χ2n) is 8.41. The number of hydrogen-bond acceptors (Lipinski definition) is 6. The largest absolute Gasteiger partial charge is 0.369 e. The van der Waals surface area contributed by atoms with Gasteiger partial charge in [-0.1, -0.05) is 5.16 Å². The molecular weight excluding hydrogens is 447 g/mol. The van der Waals surface area contributed by atoms with Crippen LogP contribution in [0.4, 0.5) is 10.1 Å². The van der Waals surface area contributed by atoms with Crippen LogP contribution in [0.15, 0.2) is 51.9 Å². The molecule has 33 heavy (non-hydrogen) atoms. The zero-order chi connectivity index (χ0) is 23.0. The van der Waals surface area contributed by atoms with Crippen molar-refractivity contribution in [3.63, 3.8) is 0 Å². The molecule has 3 heterocycles. The topological polar surface area (TPSA) is 87.0 Å². The molecular formula is C23H25FN4O4S. The summed E-state index contributed by atoms with van der Waals surface area (Å²) in [6.07, 6.45) is 3.00. The summed E-state index contributed by atoms with van der Waals surface area (Å²) in [7, 11) is -3.76. The monoisotopic (exact) mass is 472 g/mol. The third-order valence-corrected chi connectivity index (χ3v) is 8.25. The molecule has 2 aromatic carbocycles. The number of likely N-dealkylation sites (tertiary alicyclic amines) is 1. The van der Waals surface area contributed by atoms with Crippen LogP contribution in [0.3, 0.4) is 0 Å². The molecule has 8 nitrogen and oxygen atoms in total. The van der Waals surface area contributed by atoms with Gasteiger partial charge < -0.3 is 14.3 Å². The Morgan fingerprint density at radius 3 is 2.30 bits per heavy atom. The SMILES string of the molecule is O=C(c1noc2ccc(S(=O)(=O)N3CCN(c4ccc(F)cc4)CC3)cc12)N1CCCCC1. The maximum atomic E-state index is 13.3. The number of anilines is 1. The molecule has 5 rings (SSSR count). The predicted octanol–water partition coefficient (Wildman–Crippen LogP) is 3.10. The van der Waals surface area contributed by atoms with Crippen molar-refractivity contribution in [2.24, 2.45) is 0 Å². The van der Waals surface area contributed by atoms with E-state index in [2.05, 4.69) is 5.16 Å². The van der Waals surface area contributed by atoms with E-state index >= 15 is 0 Å². The van der Waals surface area contributed by atoms with Gasteiger partial charge in [-0.05, 0) is 61.7 Å². The fraction of sp³-hybridized carbons (Fsp3) is 0.391. The van der Waals surface area contributed by atoms with Crippen molar-refractivity contribution in [2.75, 3.05) is 44.2 Å². The number of fused-ring (bicyclic) bond motifs is 1.